The number of nitrogens with zero attached hydrogens (tertiary/aromatic N) is 2. The molecule has 0 amide bonds. The van der Waals surface area contributed by atoms with Crippen LogP contribution < -0.4 is 11.2 Å². The summed E-state index contributed by atoms with van der Waals surface area (Å²) in [6, 6.07) is 18.1. The molecule has 0 aliphatic rings. The minimum absolute atomic E-state index is 0.156. The van der Waals surface area contributed by atoms with Crippen molar-refractivity contribution in [3.05, 3.63) is 60.2 Å². The van der Waals surface area contributed by atoms with Crippen molar-refractivity contribution in [2.75, 3.05) is 5.75 Å². The molecular weight excluding hydrogens is 344 g/mol. The van der Waals surface area contributed by atoms with Gasteiger partial charge in [-0.15, -0.1) is 11.3 Å². The average Bonchev–Trinajstić information content (AvgIpc) is 2.98. The lowest BCUT2D eigenvalue weighted by molar-refractivity contribution is 1.03. The van der Waals surface area contributed by atoms with E-state index >= 15 is 0 Å². The number of benzene rings is 2. The van der Waals surface area contributed by atoms with Crippen LogP contribution in [0.25, 0.3) is 10.2 Å². The number of para-hydroxylation sites is 1. The Balaban J connectivity index is 1.78. The predicted octanol–water partition coefficient (Wildman–Crippen LogP) is 3.63. The molecular formula is C16H14N4S3. The molecule has 3 N–H and O–H groups in total. The van der Waals surface area contributed by atoms with Gasteiger partial charge in [-0.25, -0.2) is 4.98 Å². The third-order valence-corrected chi connectivity index (χ3v) is 5.30. The fourth-order valence-electron chi connectivity index (χ4n) is 1.98. The quantitative estimate of drug-likeness (QED) is 0.316. The maximum Gasteiger partial charge on any atom is 0.184 e. The van der Waals surface area contributed by atoms with Crippen LogP contribution in [-0.2, 0) is 0 Å². The van der Waals surface area contributed by atoms with Crippen LogP contribution in [0.15, 0.2) is 64.0 Å². The molecule has 0 atom stereocenters. The van der Waals surface area contributed by atoms with Crippen LogP contribution in [0, 0.1) is 0 Å². The average molecular weight is 359 g/mol. The van der Waals surface area contributed by atoms with E-state index in [1.54, 1.807) is 23.1 Å². The van der Waals surface area contributed by atoms with Crippen LogP contribution in [0.5, 0.6) is 0 Å². The highest BCUT2D eigenvalue weighted by Gasteiger charge is 2.08. The molecule has 0 aliphatic heterocycles. The van der Waals surface area contributed by atoms with E-state index in [1.807, 2.05) is 48.5 Å². The first kappa shape index (κ1) is 15.9. The molecule has 3 aromatic rings. The Morgan fingerprint density at radius 3 is 2.65 bits per heavy atom. The first-order chi connectivity index (χ1) is 11.2. The summed E-state index contributed by atoms with van der Waals surface area (Å²) in [5.74, 6) is 0.680. The molecule has 0 aliphatic carbocycles. The number of thiocarbonyl (C=S) groups is 1. The van der Waals surface area contributed by atoms with Gasteiger partial charge in [-0.1, -0.05) is 54.2 Å². The minimum atomic E-state index is 0.156. The van der Waals surface area contributed by atoms with Crippen LogP contribution in [0.3, 0.4) is 0 Å². The Morgan fingerprint density at radius 2 is 1.91 bits per heavy atom. The van der Waals surface area contributed by atoms with Gasteiger partial charge >= 0.3 is 0 Å². The number of fused-ring (bicyclic) bond motifs is 1. The van der Waals surface area contributed by atoms with E-state index in [0.29, 0.717) is 5.75 Å². The van der Waals surface area contributed by atoms with Gasteiger partial charge < -0.3 is 5.73 Å². The third kappa shape index (κ3) is 4.28. The van der Waals surface area contributed by atoms with Crippen molar-refractivity contribution >= 4 is 56.4 Å². The Bertz CT molecular complexity index is 810. The maximum atomic E-state index is 5.47. The fourth-order valence-corrected chi connectivity index (χ4v) is 4.05. The maximum absolute atomic E-state index is 5.47. The van der Waals surface area contributed by atoms with E-state index in [0.717, 1.165) is 21.1 Å². The van der Waals surface area contributed by atoms with E-state index in [2.05, 4.69) is 21.6 Å². The molecule has 2 aromatic carbocycles. The van der Waals surface area contributed by atoms with Gasteiger partial charge in [0, 0.05) is 5.75 Å². The minimum Gasteiger partial charge on any atom is -0.375 e. The van der Waals surface area contributed by atoms with Crippen LogP contribution >= 0.6 is 35.3 Å². The van der Waals surface area contributed by atoms with Crippen molar-refractivity contribution in [1.82, 2.24) is 10.4 Å². The molecule has 0 unspecified atom stereocenters. The lowest BCUT2D eigenvalue weighted by Gasteiger charge is -2.06. The fraction of sp³-hybridized carbons (Fsp3) is 0.0625. The Kier molecular flexibility index (Phi) is 5.22. The summed E-state index contributed by atoms with van der Waals surface area (Å²) in [6.07, 6.45) is 0. The molecule has 7 heteroatoms. The number of thiazole rings is 1. The first-order valence-corrected chi connectivity index (χ1v) is 9.09. The number of hydrogen-bond acceptors (Lipinski definition) is 5. The second-order valence-corrected chi connectivity index (χ2v) is 7.33. The summed E-state index contributed by atoms with van der Waals surface area (Å²) in [4.78, 5) is 4.63. The van der Waals surface area contributed by atoms with Crippen LogP contribution in [-0.4, -0.2) is 21.6 Å². The van der Waals surface area contributed by atoms with Gasteiger partial charge in [0.1, 0.15) is 0 Å². The normalized spacial score (nSPS) is 11.6. The number of aromatic nitrogens is 1. The number of thioether (sulfide) groups is 1. The number of nitrogens with two attached hydrogens (primary N) is 1. The zero-order valence-corrected chi connectivity index (χ0v) is 14.5. The smallest absolute Gasteiger partial charge is 0.184 e. The van der Waals surface area contributed by atoms with Gasteiger partial charge in [-0.3, -0.25) is 5.43 Å². The standard InChI is InChI=1S/C16H14N4S3/c17-15(21)20-19-13(11-6-2-1-3-7-11)10-22-16-18-12-8-4-5-9-14(12)23-16/h1-9H,10H2,(H3,17,20,21). The van der Waals surface area contributed by atoms with Crippen molar-refractivity contribution in [1.29, 1.82) is 0 Å². The van der Waals surface area contributed by atoms with Crippen LogP contribution in [0.4, 0.5) is 0 Å². The molecule has 1 heterocycles. The highest BCUT2D eigenvalue weighted by Crippen LogP contribution is 2.29. The highest BCUT2D eigenvalue weighted by atomic mass is 32.2. The third-order valence-electron chi connectivity index (χ3n) is 3.01. The topological polar surface area (TPSA) is 63.3 Å². The summed E-state index contributed by atoms with van der Waals surface area (Å²) in [6.45, 7) is 0. The van der Waals surface area contributed by atoms with Gasteiger partial charge in [-0.05, 0) is 29.9 Å². The van der Waals surface area contributed by atoms with Gasteiger partial charge in [-0.2, -0.15) is 5.10 Å². The van der Waals surface area contributed by atoms with E-state index in [9.17, 15) is 0 Å². The Hall–Kier alpha value is -1.96. The van der Waals surface area contributed by atoms with Crippen LogP contribution in [0.1, 0.15) is 5.56 Å². The Labute approximate surface area is 147 Å². The molecule has 1 aromatic heterocycles. The number of hydrazone groups is 1. The molecule has 0 fully saturated rings. The van der Waals surface area contributed by atoms with Gasteiger partial charge in [0.2, 0.25) is 0 Å². The molecule has 0 saturated heterocycles. The summed E-state index contributed by atoms with van der Waals surface area (Å²) in [7, 11) is 0. The molecule has 3 rings (SSSR count). The second kappa shape index (κ2) is 7.54. The van der Waals surface area contributed by atoms with Crippen molar-refractivity contribution in [2.24, 2.45) is 10.8 Å². The summed E-state index contributed by atoms with van der Waals surface area (Å²) < 4.78 is 2.21. The van der Waals surface area contributed by atoms with Crippen molar-refractivity contribution < 1.29 is 0 Å². The predicted molar refractivity (Wildman–Crippen MR) is 103 cm³/mol. The van der Waals surface area contributed by atoms with Crippen molar-refractivity contribution in [3.8, 4) is 0 Å². The molecule has 0 saturated carbocycles. The monoisotopic (exact) mass is 358 g/mol. The largest absolute Gasteiger partial charge is 0.375 e. The number of nitrogens with one attached hydrogen (secondary N) is 1. The van der Waals surface area contributed by atoms with Crippen molar-refractivity contribution in [3.63, 3.8) is 0 Å². The first-order valence-electron chi connectivity index (χ1n) is 6.88. The van der Waals surface area contributed by atoms with Gasteiger partial charge in [0.15, 0.2) is 9.45 Å². The lowest BCUT2D eigenvalue weighted by Crippen LogP contribution is -2.26. The highest BCUT2D eigenvalue weighted by molar-refractivity contribution is 8.01. The summed E-state index contributed by atoms with van der Waals surface area (Å²) in [5.41, 5.74) is 11.1. The molecule has 0 spiro atoms. The van der Waals surface area contributed by atoms with Crippen LogP contribution in [0.2, 0.25) is 0 Å². The van der Waals surface area contributed by atoms with Crippen molar-refractivity contribution in [2.45, 2.75) is 4.34 Å². The van der Waals surface area contributed by atoms with E-state index < -0.39 is 0 Å². The molecule has 116 valence electrons. The van der Waals surface area contributed by atoms with Gasteiger partial charge in [0.25, 0.3) is 0 Å². The molecule has 0 bridgehead atoms. The zero-order chi connectivity index (χ0) is 16.1. The molecule has 0 radical (unpaired) electrons. The molecule has 23 heavy (non-hydrogen) atoms. The molecule has 4 nitrogen and oxygen atoms in total. The van der Waals surface area contributed by atoms with Gasteiger partial charge in [0.05, 0.1) is 15.9 Å². The van der Waals surface area contributed by atoms with E-state index in [1.165, 1.54) is 4.70 Å². The summed E-state index contributed by atoms with van der Waals surface area (Å²) in [5, 5.41) is 4.47. The number of hydrogen-bond donors (Lipinski definition) is 2. The zero-order valence-electron chi connectivity index (χ0n) is 12.1. The summed E-state index contributed by atoms with van der Waals surface area (Å²) >= 11 is 8.17. The SMILES string of the molecule is NC(=S)NN=C(CSc1nc2ccccc2s1)c1ccccc1. The Morgan fingerprint density at radius 1 is 1.17 bits per heavy atom. The van der Waals surface area contributed by atoms with E-state index in [4.69, 9.17) is 18.0 Å². The van der Waals surface area contributed by atoms with E-state index in [-0.39, 0.29) is 5.11 Å². The number of rotatable bonds is 5. The second-order valence-electron chi connectivity index (χ2n) is 4.64. The lowest BCUT2D eigenvalue weighted by atomic mass is 10.1.